The van der Waals surface area contributed by atoms with Gasteiger partial charge in [-0.25, -0.2) is 4.39 Å². The first kappa shape index (κ1) is 16.8. The van der Waals surface area contributed by atoms with Crippen molar-refractivity contribution < 1.29 is 4.39 Å². The van der Waals surface area contributed by atoms with Crippen LogP contribution in [0.15, 0.2) is 46.9 Å². The quantitative estimate of drug-likeness (QED) is 0.562. The van der Waals surface area contributed by atoms with Crippen molar-refractivity contribution in [3.05, 3.63) is 69.4 Å². The largest absolute Gasteiger partial charge is 0.206 e. The summed E-state index contributed by atoms with van der Waals surface area (Å²) in [6, 6.07) is 13.2. The lowest BCUT2D eigenvalue weighted by Crippen LogP contribution is -2.33. The standard InChI is InChI=1S/C17H16BrCl2F/c1-12-4-2-6-14(8-12)17(10-19,11-20)9-13-5-3-7-15(21)16(13)18/h2-8H,9-11H2,1H3. The summed E-state index contributed by atoms with van der Waals surface area (Å²) in [6.45, 7) is 2.04. The highest BCUT2D eigenvalue weighted by atomic mass is 79.9. The van der Waals surface area contributed by atoms with Crippen LogP contribution < -0.4 is 0 Å². The molecule has 0 aliphatic heterocycles. The normalized spacial score (nSPS) is 11.7. The summed E-state index contributed by atoms with van der Waals surface area (Å²) in [5.74, 6) is 0.487. The van der Waals surface area contributed by atoms with Gasteiger partial charge < -0.3 is 0 Å². The number of hydrogen-bond donors (Lipinski definition) is 0. The van der Waals surface area contributed by atoms with Crippen molar-refractivity contribution >= 4 is 39.1 Å². The molecule has 4 heteroatoms. The lowest BCUT2D eigenvalue weighted by Gasteiger charge is -2.31. The molecule has 0 atom stereocenters. The zero-order chi connectivity index (χ0) is 15.5. The van der Waals surface area contributed by atoms with E-state index in [-0.39, 0.29) is 5.82 Å². The fourth-order valence-corrected chi connectivity index (χ4v) is 3.60. The maximum Gasteiger partial charge on any atom is 0.137 e. The Labute approximate surface area is 143 Å². The fourth-order valence-electron chi connectivity index (χ4n) is 2.41. The van der Waals surface area contributed by atoms with Crippen LogP contribution in [0.5, 0.6) is 0 Å². The third kappa shape index (κ3) is 3.61. The number of alkyl halides is 2. The van der Waals surface area contributed by atoms with E-state index < -0.39 is 5.41 Å². The minimum atomic E-state index is -0.411. The predicted octanol–water partition coefficient (Wildman–Crippen LogP) is 5.85. The first-order valence-corrected chi connectivity index (χ1v) is 8.50. The van der Waals surface area contributed by atoms with Gasteiger partial charge in [0.25, 0.3) is 0 Å². The summed E-state index contributed by atoms with van der Waals surface area (Å²) in [4.78, 5) is 0. The van der Waals surface area contributed by atoms with E-state index in [0.717, 1.165) is 16.7 Å². The van der Waals surface area contributed by atoms with Crippen LogP contribution in [0.3, 0.4) is 0 Å². The van der Waals surface area contributed by atoms with Gasteiger partial charge >= 0.3 is 0 Å². The highest BCUT2D eigenvalue weighted by molar-refractivity contribution is 9.10. The zero-order valence-electron chi connectivity index (χ0n) is 11.7. The average Bonchev–Trinajstić information content (AvgIpc) is 2.49. The Hall–Kier alpha value is -0.570. The number of rotatable bonds is 5. The van der Waals surface area contributed by atoms with Gasteiger partial charge in [0.1, 0.15) is 5.82 Å². The Morgan fingerprint density at radius 3 is 2.38 bits per heavy atom. The minimum absolute atomic E-state index is 0.269. The maximum absolute atomic E-state index is 13.7. The third-order valence-electron chi connectivity index (χ3n) is 3.70. The van der Waals surface area contributed by atoms with Gasteiger partial charge in [-0.2, -0.15) is 0 Å². The van der Waals surface area contributed by atoms with Gasteiger partial charge in [0, 0.05) is 17.2 Å². The van der Waals surface area contributed by atoms with Gasteiger partial charge in [-0.05, 0) is 46.5 Å². The second-order valence-electron chi connectivity index (χ2n) is 5.31. The SMILES string of the molecule is Cc1cccc(C(CCl)(CCl)Cc2cccc(F)c2Br)c1. The monoisotopic (exact) mass is 388 g/mol. The molecule has 0 aliphatic carbocycles. The van der Waals surface area contributed by atoms with Crippen LogP contribution >= 0.6 is 39.1 Å². The van der Waals surface area contributed by atoms with Gasteiger partial charge in [0.2, 0.25) is 0 Å². The second-order valence-corrected chi connectivity index (χ2v) is 6.63. The lowest BCUT2D eigenvalue weighted by atomic mass is 9.78. The molecule has 0 saturated carbocycles. The van der Waals surface area contributed by atoms with Crippen LogP contribution in [-0.2, 0) is 11.8 Å². The van der Waals surface area contributed by atoms with Crippen LogP contribution in [0.1, 0.15) is 16.7 Å². The lowest BCUT2D eigenvalue weighted by molar-refractivity contribution is 0.530. The minimum Gasteiger partial charge on any atom is -0.206 e. The molecule has 0 saturated heterocycles. The van der Waals surface area contributed by atoms with E-state index in [2.05, 4.69) is 22.0 Å². The average molecular weight is 390 g/mol. The molecule has 0 aliphatic rings. The Kier molecular flexibility index (Phi) is 5.70. The van der Waals surface area contributed by atoms with E-state index in [1.807, 2.05) is 31.2 Å². The molecule has 0 radical (unpaired) electrons. The van der Waals surface area contributed by atoms with Crippen LogP contribution in [0, 0.1) is 12.7 Å². The van der Waals surface area contributed by atoms with Crippen molar-refractivity contribution in [3.63, 3.8) is 0 Å². The van der Waals surface area contributed by atoms with Crippen molar-refractivity contribution in [2.24, 2.45) is 0 Å². The third-order valence-corrected chi connectivity index (χ3v) is 5.61. The summed E-state index contributed by atoms with van der Waals surface area (Å²) in [5.41, 5.74) is 2.71. The molecule has 0 N–H and O–H groups in total. The molecule has 0 heterocycles. The zero-order valence-corrected chi connectivity index (χ0v) is 14.8. The van der Waals surface area contributed by atoms with Crippen molar-refractivity contribution in [1.82, 2.24) is 0 Å². The summed E-state index contributed by atoms with van der Waals surface area (Å²) < 4.78 is 14.2. The second kappa shape index (κ2) is 7.13. The van der Waals surface area contributed by atoms with Crippen molar-refractivity contribution in [2.75, 3.05) is 11.8 Å². The molecule has 2 aromatic rings. The molecule has 21 heavy (non-hydrogen) atoms. The first-order valence-electron chi connectivity index (χ1n) is 6.64. The fraction of sp³-hybridized carbons (Fsp3) is 0.294. The number of halogens is 4. The summed E-state index contributed by atoms with van der Waals surface area (Å²) in [7, 11) is 0. The molecule has 0 amide bonds. The van der Waals surface area contributed by atoms with Crippen molar-refractivity contribution in [2.45, 2.75) is 18.8 Å². The van der Waals surface area contributed by atoms with E-state index in [9.17, 15) is 4.39 Å². The van der Waals surface area contributed by atoms with E-state index in [1.165, 1.54) is 6.07 Å². The molecule has 0 unspecified atom stereocenters. The van der Waals surface area contributed by atoms with Gasteiger partial charge in [-0.3, -0.25) is 0 Å². The van der Waals surface area contributed by atoms with Gasteiger partial charge in [-0.1, -0.05) is 42.0 Å². The molecule has 112 valence electrons. The maximum atomic E-state index is 13.7. The van der Waals surface area contributed by atoms with Crippen molar-refractivity contribution in [1.29, 1.82) is 0 Å². The molecular formula is C17H16BrCl2F. The van der Waals surface area contributed by atoms with Crippen LogP contribution in [0.2, 0.25) is 0 Å². The molecular weight excluding hydrogens is 374 g/mol. The number of aryl methyl sites for hydroxylation is 1. The number of hydrogen-bond acceptors (Lipinski definition) is 0. The molecule has 2 aromatic carbocycles. The Morgan fingerprint density at radius 1 is 1.10 bits per heavy atom. The first-order chi connectivity index (χ1) is 10.0. The van der Waals surface area contributed by atoms with Gasteiger partial charge in [0.15, 0.2) is 0 Å². The summed E-state index contributed by atoms with van der Waals surface area (Å²) >= 11 is 15.8. The van der Waals surface area contributed by atoms with Crippen LogP contribution in [0.4, 0.5) is 4.39 Å². The molecule has 0 fully saturated rings. The highest BCUT2D eigenvalue weighted by Crippen LogP contribution is 2.35. The van der Waals surface area contributed by atoms with E-state index >= 15 is 0 Å². The highest BCUT2D eigenvalue weighted by Gasteiger charge is 2.32. The molecule has 2 rings (SSSR count). The summed E-state index contributed by atoms with van der Waals surface area (Å²) in [6.07, 6.45) is 0.585. The van der Waals surface area contributed by atoms with Gasteiger partial charge in [0.05, 0.1) is 4.47 Å². The Morgan fingerprint density at radius 2 is 1.76 bits per heavy atom. The molecule has 0 aromatic heterocycles. The topological polar surface area (TPSA) is 0 Å². The van der Waals surface area contributed by atoms with Crippen molar-refractivity contribution in [3.8, 4) is 0 Å². The Bertz CT molecular complexity index is 624. The van der Waals surface area contributed by atoms with Crippen LogP contribution in [0.25, 0.3) is 0 Å². The molecule has 0 nitrogen and oxygen atoms in total. The number of benzene rings is 2. The molecule has 0 bridgehead atoms. The summed E-state index contributed by atoms with van der Waals surface area (Å²) in [5, 5.41) is 0. The van der Waals surface area contributed by atoms with Crippen LogP contribution in [-0.4, -0.2) is 11.8 Å². The van der Waals surface area contributed by atoms with E-state index in [0.29, 0.717) is 22.7 Å². The van der Waals surface area contributed by atoms with E-state index in [4.69, 9.17) is 23.2 Å². The van der Waals surface area contributed by atoms with Gasteiger partial charge in [-0.15, -0.1) is 23.2 Å². The predicted molar refractivity (Wildman–Crippen MR) is 92.1 cm³/mol. The Balaban J connectivity index is 2.45. The molecule has 0 spiro atoms. The smallest absolute Gasteiger partial charge is 0.137 e. The van der Waals surface area contributed by atoms with E-state index in [1.54, 1.807) is 6.07 Å².